The molecule has 0 saturated carbocycles. The van der Waals surface area contributed by atoms with Crippen LogP contribution >= 0.6 is 0 Å². The smallest absolute Gasteiger partial charge is 0.136 e. The van der Waals surface area contributed by atoms with E-state index in [1.165, 1.54) is 33.0 Å². The fraction of sp³-hybridized carbons (Fsp3) is 0. The highest BCUT2D eigenvalue weighted by molar-refractivity contribution is 6.28. The summed E-state index contributed by atoms with van der Waals surface area (Å²) in [6.45, 7) is 0. The van der Waals surface area contributed by atoms with E-state index >= 15 is 0 Å². The van der Waals surface area contributed by atoms with Gasteiger partial charge in [-0.1, -0.05) is 115 Å². The number of fused-ring (bicyclic) bond motifs is 13. The number of rotatable bonds is 5. The molecule has 0 atom stereocenters. The molecule has 0 aliphatic heterocycles. The molecule has 4 heterocycles. The molecular formula is C60H35NO3. The predicted molar refractivity (Wildman–Crippen MR) is 264 cm³/mol. The van der Waals surface area contributed by atoms with Crippen LogP contribution in [-0.4, -0.2) is 4.57 Å². The first-order chi connectivity index (χ1) is 31.7. The summed E-state index contributed by atoms with van der Waals surface area (Å²) in [6.07, 6.45) is 0. The van der Waals surface area contributed by atoms with Crippen LogP contribution in [0.1, 0.15) is 0 Å². The second-order valence-electron chi connectivity index (χ2n) is 16.8. The summed E-state index contributed by atoms with van der Waals surface area (Å²) in [4.78, 5) is 0. The molecule has 0 saturated heterocycles. The highest BCUT2D eigenvalue weighted by Gasteiger charge is 2.21. The molecule has 4 nitrogen and oxygen atoms in total. The van der Waals surface area contributed by atoms with Gasteiger partial charge in [0.05, 0.1) is 11.0 Å². The topological polar surface area (TPSA) is 44.4 Å². The molecule has 0 bridgehead atoms. The molecule has 0 radical (unpaired) electrons. The molecule has 0 aliphatic carbocycles. The number of furan rings is 3. The van der Waals surface area contributed by atoms with E-state index in [0.717, 1.165) is 105 Å². The van der Waals surface area contributed by atoms with Crippen molar-refractivity contribution in [2.45, 2.75) is 0 Å². The lowest BCUT2D eigenvalue weighted by Gasteiger charge is -2.08. The van der Waals surface area contributed by atoms with Gasteiger partial charge in [0, 0.05) is 48.8 Å². The van der Waals surface area contributed by atoms with Gasteiger partial charge in [0.2, 0.25) is 0 Å². The fourth-order valence-electron chi connectivity index (χ4n) is 10.1. The third-order valence-electron chi connectivity index (χ3n) is 13.2. The Morgan fingerprint density at radius 1 is 0.234 bits per heavy atom. The molecule has 4 aromatic heterocycles. The van der Waals surface area contributed by atoms with E-state index in [9.17, 15) is 0 Å². The van der Waals surface area contributed by atoms with Gasteiger partial charge in [-0.25, -0.2) is 0 Å². The Labute approximate surface area is 366 Å². The monoisotopic (exact) mass is 817 g/mol. The number of benzene rings is 10. The van der Waals surface area contributed by atoms with E-state index in [4.69, 9.17) is 13.3 Å². The predicted octanol–water partition coefficient (Wildman–Crippen LogP) is 17.1. The Balaban J connectivity index is 0.963. The molecular weight excluding hydrogens is 783 g/mol. The Hall–Kier alpha value is -8.60. The zero-order valence-corrected chi connectivity index (χ0v) is 34.4. The molecule has 0 N–H and O–H groups in total. The lowest BCUT2D eigenvalue weighted by atomic mass is 9.97. The van der Waals surface area contributed by atoms with E-state index in [2.05, 4.69) is 217 Å². The van der Waals surface area contributed by atoms with Gasteiger partial charge < -0.3 is 17.8 Å². The summed E-state index contributed by atoms with van der Waals surface area (Å²) in [5.41, 5.74) is 17.8. The van der Waals surface area contributed by atoms with Crippen molar-refractivity contribution in [2.24, 2.45) is 0 Å². The first-order valence-corrected chi connectivity index (χ1v) is 21.7. The van der Waals surface area contributed by atoms with Crippen molar-refractivity contribution in [3.05, 3.63) is 212 Å². The minimum Gasteiger partial charge on any atom is -0.456 e. The summed E-state index contributed by atoms with van der Waals surface area (Å²) in [5, 5.41) is 8.95. The lowest BCUT2D eigenvalue weighted by molar-refractivity contribution is 0.668. The molecule has 64 heavy (non-hydrogen) atoms. The molecule has 0 unspecified atom stereocenters. The molecule has 14 aromatic rings. The maximum atomic E-state index is 6.69. The van der Waals surface area contributed by atoms with Crippen molar-refractivity contribution < 1.29 is 13.3 Å². The van der Waals surface area contributed by atoms with Crippen LogP contribution in [0.3, 0.4) is 0 Å². The molecule has 0 fully saturated rings. The van der Waals surface area contributed by atoms with Gasteiger partial charge in [-0.15, -0.1) is 0 Å². The number of nitrogens with zero attached hydrogens (tertiary/aromatic N) is 1. The minimum atomic E-state index is 0.859. The first-order valence-electron chi connectivity index (χ1n) is 21.7. The molecule has 0 aliphatic rings. The van der Waals surface area contributed by atoms with Gasteiger partial charge in [0.1, 0.15) is 33.5 Å². The maximum absolute atomic E-state index is 6.69. The Morgan fingerprint density at radius 2 is 0.578 bits per heavy atom. The standard InChI is InChI=1S/C60H35NO3/c1-4-10-36(11-5-1)38-17-24-53-45(30-38)47-32-41(19-26-55(47)62-53)40-16-22-51-49(34-40)59-52(61(51)44-14-8-3-9-15-44)23-29-58-60(59)50-35-43(21-28-57(50)64-58)42-20-27-56-48(33-42)46-31-39(18-25-54(46)63-56)37-12-6-2-7-13-37/h1-35H. The van der Waals surface area contributed by atoms with Crippen LogP contribution in [0.25, 0.3) is 138 Å². The van der Waals surface area contributed by atoms with Crippen LogP contribution in [0.15, 0.2) is 226 Å². The van der Waals surface area contributed by atoms with E-state index in [1.807, 2.05) is 0 Å². The summed E-state index contributed by atoms with van der Waals surface area (Å²) < 4.78 is 21.8. The van der Waals surface area contributed by atoms with E-state index in [0.29, 0.717) is 0 Å². The highest BCUT2D eigenvalue weighted by Crippen LogP contribution is 2.44. The van der Waals surface area contributed by atoms with Crippen molar-refractivity contribution in [2.75, 3.05) is 0 Å². The SMILES string of the molecule is c1ccc(-c2ccc3oc4ccc(-c5ccc6oc7ccc8c(c9cc(-c%10ccc%11oc%12ccc(-c%13ccccc%13)cc%12c%11c%10)ccc9n8-c8ccccc8)c7c6c5)cc4c3c2)cc1. The van der Waals surface area contributed by atoms with Gasteiger partial charge in [-0.2, -0.15) is 0 Å². The number of hydrogen-bond acceptors (Lipinski definition) is 3. The van der Waals surface area contributed by atoms with Gasteiger partial charge in [-0.3, -0.25) is 0 Å². The van der Waals surface area contributed by atoms with Gasteiger partial charge in [0.25, 0.3) is 0 Å². The quantitative estimate of drug-likeness (QED) is 0.174. The van der Waals surface area contributed by atoms with Crippen molar-refractivity contribution in [3.8, 4) is 50.2 Å². The highest BCUT2D eigenvalue weighted by atomic mass is 16.3. The van der Waals surface area contributed by atoms with Gasteiger partial charge in [-0.05, 0) is 142 Å². The van der Waals surface area contributed by atoms with Crippen LogP contribution in [0, 0.1) is 0 Å². The zero-order chi connectivity index (χ0) is 41.9. The average molecular weight is 818 g/mol. The van der Waals surface area contributed by atoms with Crippen LogP contribution < -0.4 is 0 Å². The molecule has 0 amide bonds. The molecule has 10 aromatic carbocycles. The van der Waals surface area contributed by atoms with Gasteiger partial charge >= 0.3 is 0 Å². The van der Waals surface area contributed by atoms with Crippen molar-refractivity contribution in [3.63, 3.8) is 0 Å². The number of para-hydroxylation sites is 1. The van der Waals surface area contributed by atoms with Crippen molar-refractivity contribution in [1.29, 1.82) is 0 Å². The third kappa shape index (κ3) is 5.30. The van der Waals surface area contributed by atoms with E-state index in [1.54, 1.807) is 0 Å². The number of hydrogen-bond donors (Lipinski definition) is 0. The zero-order valence-electron chi connectivity index (χ0n) is 34.4. The molecule has 0 spiro atoms. The largest absolute Gasteiger partial charge is 0.456 e. The Bertz CT molecular complexity index is 4170. The van der Waals surface area contributed by atoms with Crippen molar-refractivity contribution in [1.82, 2.24) is 4.57 Å². The summed E-state index contributed by atoms with van der Waals surface area (Å²) in [6, 6.07) is 75.6. The molecule has 14 rings (SSSR count). The fourth-order valence-corrected chi connectivity index (χ4v) is 10.1. The van der Waals surface area contributed by atoms with Crippen LogP contribution in [0.4, 0.5) is 0 Å². The van der Waals surface area contributed by atoms with Crippen LogP contribution in [0.2, 0.25) is 0 Å². The Morgan fingerprint density at radius 3 is 1.06 bits per heavy atom. The third-order valence-corrected chi connectivity index (χ3v) is 13.2. The van der Waals surface area contributed by atoms with Crippen LogP contribution in [-0.2, 0) is 0 Å². The van der Waals surface area contributed by atoms with E-state index < -0.39 is 0 Å². The molecule has 298 valence electrons. The van der Waals surface area contributed by atoms with Gasteiger partial charge in [0.15, 0.2) is 0 Å². The van der Waals surface area contributed by atoms with Crippen molar-refractivity contribution >= 4 is 87.6 Å². The minimum absolute atomic E-state index is 0.859. The normalized spacial score (nSPS) is 12.1. The summed E-state index contributed by atoms with van der Waals surface area (Å²) in [5.74, 6) is 0. The van der Waals surface area contributed by atoms with E-state index in [-0.39, 0.29) is 0 Å². The lowest BCUT2D eigenvalue weighted by Crippen LogP contribution is -1.92. The average Bonchev–Trinajstić information content (AvgIpc) is 4.12. The number of aromatic nitrogens is 1. The summed E-state index contributed by atoms with van der Waals surface area (Å²) >= 11 is 0. The maximum Gasteiger partial charge on any atom is 0.136 e. The second-order valence-corrected chi connectivity index (χ2v) is 16.8. The first kappa shape index (κ1) is 35.0. The second kappa shape index (κ2) is 13.4. The molecule has 4 heteroatoms. The van der Waals surface area contributed by atoms with Crippen LogP contribution in [0.5, 0.6) is 0 Å². The summed E-state index contributed by atoms with van der Waals surface area (Å²) in [7, 11) is 0. The Kier molecular flexibility index (Phi) is 7.36.